The van der Waals surface area contributed by atoms with E-state index in [2.05, 4.69) is 23.6 Å². The quantitative estimate of drug-likeness (QED) is 0.560. The number of rotatable bonds is 8. The minimum absolute atomic E-state index is 0.0488. The van der Waals surface area contributed by atoms with Crippen molar-refractivity contribution in [1.29, 1.82) is 5.26 Å². The first kappa shape index (κ1) is 23.8. The van der Waals surface area contributed by atoms with Crippen molar-refractivity contribution in [2.75, 3.05) is 19.7 Å². The number of hydrogen-bond acceptors (Lipinski definition) is 5. The summed E-state index contributed by atoms with van der Waals surface area (Å²) < 4.78 is 7.24. The van der Waals surface area contributed by atoms with Crippen molar-refractivity contribution >= 4 is 28.7 Å². The largest absolute Gasteiger partial charge is 0.465 e. The molecule has 34 heavy (non-hydrogen) atoms. The van der Waals surface area contributed by atoms with E-state index in [-0.39, 0.29) is 37.4 Å². The number of nitriles is 1. The Labute approximate surface area is 200 Å². The average molecular weight is 465 g/mol. The summed E-state index contributed by atoms with van der Waals surface area (Å²) in [5.74, 6) is -0.681. The lowest BCUT2D eigenvalue weighted by Crippen LogP contribution is -2.50. The van der Waals surface area contributed by atoms with Gasteiger partial charge in [-0.3, -0.25) is 14.4 Å². The molecule has 0 N–H and O–H groups in total. The number of amides is 2. The maximum atomic E-state index is 13.4. The fourth-order valence-electron chi connectivity index (χ4n) is 5.43. The Morgan fingerprint density at radius 2 is 2.03 bits per heavy atom. The van der Waals surface area contributed by atoms with Gasteiger partial charge in [0.25, 0.3) is 0 Å². The molecule has 8 nitrogen and oxygen atoms in total. The minimum Gasteiger partial charge on any atom is -0.465 e. The number of carbonyl (C=O) groups excluding carboxylic acids is 3. The van der Waals surface area contributed by atoms with Crippen LogP contribution in [0.3, 0.4) is 0 Å². The molecule has 1 aromatic carbocycles. The Balaban J connectivity index is 1.46. The van der Waals surface area contributed by atoms with Crippen LogP contribution in [0.25, 0.3) is 10.9 Å². The summed E-state index contributed by atoms with van der Waals surface area (Å²) in [5, 5.41) is 10.4. The molecule has 0 radical (unpaired) electrons. The number of likely N-dealkylation sites (tertiary alicyclic amines) is 2. The lowest BCUT2D eigenvalue weighted by Gasteiger charge is -2.31. The molecule has 0 spiro atoms. The molecular formula is C26H32N4O4. The Hall–Kier alpha value is -3.34. The van der Waals surface area contributed by atoms with Crippen LogP contribution in [-0.2, 0) is 32.1 Å². The first-order chi connectivity index (χ1) is 16.5. The summed E-state index contributed by atoms with van der Waals surface area (Å²) in [6.07, 6.45) is 4.29. The highest BCUT2D eigenvalue weighted by molar-refractivity contribution is 5.93. The minimum atomic E-state index is -0.580. The number of ether oxygens (including phenoxy) is 1. The summed E-state index contributed by atoms with van der Waals surface area (Å²) >= 11 is 0. The first-order valence-electron chi connectivity index (χ1n) is 12.2. The third-order valence-corrected chi connectivity index (χ3v) is 7.05. The van der Waals surface area contributed by atoms with Crippen LogP contribution in [0.2, 0.25) is 0 Å². The molecule has 1 aromatic heterocycles. The third kappa shape index (κ3) is 4.65. The highest BCUT2D eigenvalue weighted by atomic mass is 16.5. The van der Waals surface area contributed by atoms with Crippen LogP contribution in [0.15, 0.2) is 24.3 Å². The lowest BCUT2D eigenvalue weighted by molar-refractivity contribution is -0.151. The molecule has 4 rings (SSSR count). The Morgan fingerprint density at radius 3 is 2.76 bits per heavy atom. The van der Waals surface area contributed by atoms with E-state index < -0.39 is 12.0 Å². The van der Waals surface area contributed by atoms with E-state index in [1.165, 1.54) is 10.6 Å². The number of fused-ring (bicyclic) bond motifs is 1. The van der Waals surface area contributed by atoms with E-state index >= 15 is 0 Å². The fraction of sp³-hybridized carbons (Fsp3) is 0.538. The predicted molar refractivity (Wildman–Crippen MR) is 127 cm³/mol. The smallest absolute Gasteiger partial charge is 0.325 e. The number of nitrogens with zero attached hydrogens (tertiary/aromatic N) is 4. The number of benzene rings is 1. The monoisotopic (exact) mass is 464 g/mol. The highest BCUT2D eigenvalue weighted by Gasteiger charge is 2.42. The van der Waals surface area contributed by atoms with Crippen molar-refractivity contribution in [3.63, 3.8) is 0 Å². The van der Waals surface area contributed by atoms with Gasteiger partial charge < -0.3 is 19.1 Å². The van der Waals surface area contributed by atoms with E-state index in [0.29, 0.717) is 18.5 Å². The van der Waals surface area contributed by atoms with Crippen LogP contribution in [0, 0.1) is 11.3 Å². The van der Waals surface area contributed by atoms with Gasteiger partial charge in [-0.25, -0.2) is 0 Å². The lowest BCUT2D eigenvalue weighted by atomic mass is 10.1. The van der Waals surface area contributed by atoms with Gasteiger partial charge in [-0.1, -0.05) is 6.07 Å². The molecule has 2 aromatic rings. The first-order valence-corrected chi connectivity index (χ1v) is 12.2. The van der Waals surface area contributed by atoms with Gasteiger partial charge in [-0.15, -0.1) is 0 Å². The van der Waals surface area contributed by atoms with Crippen LogP contribution in [0.1, 0.15) is 57.2 Å². The van der Waals surface area contributed by atoms with Gasteiger partial charge in [0.05, 0.1) is 18.2 Å². The average Bonchev–Trinajstić information content (AvgIpc) is 3.54. The van der Waals surface area contributed by atoms with E-state index in [9.17, 15) is 19.6 Å². The van der Waals surface area contributed by atoms with Crippen molar-refractivity contribution < 1.29 is 19.1 Å². The normalized spacial score (nSPS) is 20.2. The summed E-state index contributed by atoms with van der Waals surface area (Å²) in [4.78, 5) is 41.1. The molecule has 3 heterocycles. The van der Waals surface area contributed by atoms with Crippen molar-refractivity contribution in [1.82, 2.24) is 14.4 Å². The third-order valence-electron chi connectivity index (χ3n) is 7.05. The number of esters is 1. The van der Waals surface area contributed by atoms with Gasteiger partial charge in [0.1, 0.15) is 12.6 Å². The number of aryl methyl sites for hydroxylation is 2. The van der Waals surface area contributed by atoms with Gasteiger partial charge in [0.15, 0.2) is 0 Å². The SMILES string of the molecule is CCOC(=O)CN1C(=O)CC[C@@H]1C(=O)N1CCC[C@H]1CCc1cc2ccc(C#N)cc2n1CC. The number of carbonyl (C=O) groups is 3. The molecule has 2 atom stereocenters. The van der Waals surface area contributed by atoms with Gasteiger partial charge >= 0.3 is 5.97 Å². The molecule has 0 unspecified atom stereocenters. The fourth-order valence-corrected chi connectivity index (χ4v) is 5.43. The van der Waals surface area contributed by atoms with E-state index in [1.807, 2.05) is 23.1 Å². The maximum Gasteiger partial charge on any atom is 0.325 e. The molecule has 2 fully saturated rings. The molecule has 2 aliphatic heterocycles. The zero-order valence-corrected chi connectivity index (χ0v) is 20.0. The second-order valence-electron chi connectivity index (χ2n) is 9.01. The van der Waals surface area contributed by atoms with Crippen LogP contribution in [0.5, 0.6) is 0 Å². The van der Waals surface area contributed by atoms with E-state index in [4.69, 9.17) is 4.74 Å². The molecule has 2 amide bonds. The molecule has 2 aliphatic rings. The molecule has 0 saturated carbocycles. The second-order valence-corrected chi connectivity index (χ2v) is 9.01. The topological polar surface area (TPSA) is 95.6 Å². The molecular weight excluding hydrogens is 432 g/mol. The van der Waals surface area contributed by atoms with Crippen molar-refractivity contribution in [3.05, 3.63) is 35.5 Å². The van der Waals surface area contributed by atoms with Crippen molar-refractivity contribution in [2.45, 2.75) is 71.0 Å². The summed E-state index contributed by atoms with van der Waals surface area (Å²) in [5.41, 5.74) is 2.92. The highest BCUT2D eigenvalue weighted by Crippen LogP contribution is 2.29. The van der Waals surface area contributed by atoms with E-state index in [1.54, 1.807) is 6.92 Å². The second kappa shape index (κ2) is 10.3. The molecule has 180 valence electrons. The van der Waals surface area contributed by atoms with E-state index in [0.717, 1.165) is 43.1 Å². The van der Waals surface area contributed by atoms with Gasteiger partial charge in [-0.2, -0.15) is 5.26 Å². The Morgan fingerprint density at radius 1 is 1.21 bits per heavy atom. The number of aromatic nitrogens is 1. The van der Waals surface area contributed by atoms with Crippen LogP contribution in [0.4, 0.5) is 0 Å². The summed E-state index contributed by atoms with van der Waals surface area (Å²) in [6.45, 7) is 5.41. The predicted octanol–water partition coefficient (Wildman–Crippen LogP) is 3.01. The standard InChI is InChI=1S/C26H32N4O4/c1-3-28-21(15-19-8-7-18(16-27)14-23(19)28)10-9-20-6-5-13-29(20)26(33)22-11-12-24(31)30(22)17-25(32)34-4-2/h7-8,14-15,20,22H,3-6,9-13,17H2,1-2H3/t20-,22+/m0/s1. The van der Waals surface area contributed by atoms with Gasteiger partial charge in [0, 0.05) is 36.8 Å². The van der Waals surface area contributed by atoms with Gasteiger partial charge in [-0.05, 0) is 69.5 Å². The molecule has 0 bridgehead atoms. The Kier molecular flexibility index (Phi) is 7.20. The Bertz CT molecular complexity index is 1130. The molecule has 8 heteroatoms. The zero-order chi connectivity index (χ0) is 24.2. The summed E-state index contributed by atoms with van der Waals surface area (Å²) in [7, 11) is 0. The maximum absolute atomic E-state index is 13.4. The summed E-state index contributed by atoms with van der Waals surface area (Å²) in [6, 6.07) is 9.69. The van der Waals surface area contributed by atoms with Crippen molar-refractivity contribution in [3.8, 4) is 6.07 Å². The van der Waals surface area contributed by atoms with Crippen molar-refractivity contribution in [2.24, 2.45) is 0 Å². The molecule has 2 saturated heterocycles. The van der Waals surface area contributed by atoms with Gasteiger partial charge in [0.2, 0.25) is 11.8 Å². The zero-order valence-electron chi connectivity index (χ0n) is 20.0. The van der Waals surface area contributed by atoms with Crippen LogP contribution < -0.4 is 0 Å². The molecule has 0 aliphatic carbocycles. The number of hydrogen-bond donors (Lipinski definition) is 0. The van der Waals surface area contributed by atoms with Crippen LogP contribution in [-0.4, -0.2) is 63.9 Å². The van der Waals surface area contributed by atoms with Crippen LogP contribution >= 0.6 is 0 Å².